The van der Waals surface area contributed by atoms with Crippen molar-refractivity contribution in [1.82, 2.24) is 10.1 Å². The van der Waals surface area contributed by atoms with Gasteiger partial charge in [-0.25, -0.2) is 8.78 Å². The molecule has 0 bridgehead atoms. The SMILES string of the molecule is NC(c1noc(C2CC2)n1)c1ccc(F)cc1F. The van der Waals surface area contributed by atoms with E-state index in [9.17, 15) is 8.78 Å². The molecule has 0 saturated heterocycles. The highest BCUT2D eigenvalue weighted by atomic mass is 19.1. The minimum absolute atomic E-state index is 0.152. The first-order valence-corrected chi connectivity index (χ1v) is 5.69. The highest BCUT2D eigenvalue weighted by molar-refractivity contribution is 5.26. The van der Waals surface area contributed by atoms with Gasteiger partial charge in [-0.3, -0.25) is 0 Å². The van der Waals surface area contributed by atoms with Crippen LogP contribution in [0.2, 0.25) is 0 Å². The van der Waals surface area contributed by atoms with Crippen molar-refractivity contribution in [3.8, 4) is 0 Å². The first-order valence-electron chi connectivity index (χ1n) is 5.69. The summed E-state index contributed by atoms with van der Waals surface area (Å²) in [5.41, 5.74) is 6.01. The fourth-order valence-electron chi connectivity index (χ4n) is 1.76. The summed E-state index contributed by atoms with van der Waals surface area (Å²) in [6.07, 6.45) is 2.06. The van der Waals surface area contributed by atoms with Crippen LogP contribution in [0.15, 0.2) is 22.7 Å². The molecule has 18 heavy (non-hydrogen) atoms. The second kappa shape index (κ2) is 4.13. The number of halogens is 2. The standard InChI is InChI=1S/C12H11F2N3O/c13-7-3-4-8(9(14)5-7)10(15)11-16-12(18-17-11)6-1-2-6/h3-6,10H,1-2,15H2. The van der Waals surface area contributed by atoms with E-state index in [-0.39, 0.29) is 11.4 Å². The Hall–Kier alpha value is -1.82. The molecule has 1 aliphatic carbocycles. The Morgan fingerprint density at radius 2 is 2.11 bits per heavy atom. The van der Waals surface area contributed by atoms with Crippen LogP contribution in [0.4, 0.5) is 8.78 Å². The van der Waals surface area contributed by atoms with Crippen LogP contribution in [0.3, 0.4) is 0 Å². The van der Waals surface area contributed by atoms with Gasteiger partial charge in [-0.05, 0) is 18.9 Å². The Labute approximate surface area is 102 Å². The molecule has 0 amide bonds. The van der Waals surface area contributed by atoms with E-state index in [1.807, 2.05) is 0 Å². The molecule has 1 saturated carbocycles. The molecule has 6 heteroatoms. The van der Waals surface area contributed by atoms with Gasteiger partial charge in [0.05, 0.1) is 6.04 Å². The fourth-order valence-corrected chi connectivity index (χ4v) is 1.76. The molecular weight excluding hydrogens is 240 g/mol. The summed E-state index contributed by atoms with van der Waals surface area (Å²) < 4.78 is 31.4. The van der Waals surface area contributed by atoms with Gasteiger partial charge in [-0.15, -0.1) is 0 Å². The first kappa shape index (κ1) is 11.3. The number of hydrogen-bond acceptors (Lipinski definition) is 4. The van der Waals surface area contributed by atoms with Crippen LogP contribution >= 0.6 is 0 Å². The molecule has 1 fully saturated rings. The zero-order valence-electron chi connectivity index (χ0n) is 9.44. The molecule has 1 aromatic carbocycles. The van der Waals surface area contributed by atoms with E-state index in [4.69, 9.17) is 10.3 Å². The number of rotatable bonds is 3. The van der Waals surface area contributed by atoms with Crippen LogP contribution < -0.4 is 5.73 Å². The van der Waals surface area contributed by atoms with Gasteiger partial charge in [-0.1, -0.05) is 11.2 Å². The van der Waals surface area contributed by atoms with Crippen molar-refractivity contribution in [1.29, 1.82) is 0 Å². The third-order valence-corrected chi connectivity index (χ3v) is 2.96. The molecule has 2 aromatic rings. The van der Waals surface area contributed by atoms with Gasteiger partial charge in [0.15, 0.2) is 5.82 Å². The third kappa shape index (κ3) is 1.99. The van der Waals surface area contributed by atoms with Crippen molar-refractivity contribution >= 4 is 0 Å². The first-order chi connectivity index (χ1) is 8.65. The maximum atomic E-state index is 13.6. The van der Waals surface area contributed by atoms with Crippen LogP contribution in [0.25, 0.3) is 0 Å². The highest BCUT2D eigenvalue weighted by Gasteiger charge is 2.31. The summed E-state index contributed by atoms with van der Waals surface area (Å²) in [6, 6.07) is 2.39. The van der Waals surface area contributed by atoms with Gasteiger partial charge >= 0.3 is 0 Å². The second-order valence-corrected chi connectivity index (χ2v) is 4.41. The lowest BCUT2D eigenvalue weighted by Gasteiger charge is -2.08. The Morgan fingerprint density at radius 3 is 2.78 bits per heavy atom. The molecule has 1 aliphatic rings. The molecule has 1 unspecified atom stereocenters. The molecule has 0 aliphatic heterocycles. The van der Waals surface area contributed by atoms with Crippen LogP contribution in [-0.4, -0.2) is 10.1 Å². The quantitative estimate of drug-likeness (QED) is 0.908. The van der Waals surface area contributed by atoms with E-state index < -0.39 is 17.7 Å². The Bertz CT molecular complexity index is 580. The van der Waals surface area contributed by atoms with E-state index in [1.54, 1.807) is 0 Å². The van der Waals surface area contributed by atoms with Crippen LogP contribution in [-0.2, 0) is 0 Å². The lowest BCUT2D eigenvalue weighted by molar-refractivity contribution is 0.372. The summed E-state index contributed by atoms with van der Waals surface area (Å²) in [5, 5.41) is 3.75. The number of nitrogens with two attached hydrogens (primary N) is 1. The van der Waals surface area contributed by atoms with Gasteiger partial charge in [0.25, 0.3) is 0 Å². The molecule has 4 nitrogen and oxygen atoms in total. The van der Waals surface area contributed by atoms with Gasteiger partial charge < -0.3 is 10.3 Å². The zero-order chi connectivity index (χ0) is 12.7. The third-order valence-electron chi connectivity index (χ3n) is 2.96. The van der Waals surface area contributed by atoms with Gasteiger partial charge in [0.2, 0.25) is 5.89 Å². The topological polar surface area (TPSA) is 64.9 Å². The van der Waals surface area contributed by atoms with E-state index in [0.717, 1.165) is 25.0 Å². The Kier molecular flexibility index (Phi) is 2.59. The molecule has 0 spiro atoms. The van der Waals surface area contributed by atoms with Crippen molar-refractivity contribution < 1.29 is 13.3 Å². The smallest absolute Gasteiger partial charge is 0.229 e. The molecule has 1 atom stereocenters. The largest absolute Gasteiger partial charge is 0.339 e. The minimum Gasteiger partial charge on any atom is -0.339 e. The minimum atomic E-state index is -0.846. The lowest BCUT2D eigenvalue weighted by Crippen LogP contribution is -2.15. The normalized spacial score (nSPS) is 16.8. The van der Waals surface area contributed by atoms with Crippen LogP contribution in [0.1, 0.15) is 42.1 Å². The van der Waals surface area contributed by atoms with E-state index >= 15 is 0 Å². The predicted molar refractivity (Wildman–Crippen MR) is 58.7 cm³/mol. The van der Waals surface area contributed by atoms with Crippen molar-refractivity contribution in [2.75, 3.05) is 0 Å². The molecule has 2 N–H and O–H groups in total. The van der Waals surface area contributed by atoms with Gasteiger partial charge in [0, 0.05) is 17.5 Å². The van der Waals surface area contributed by atoms with Gasteiger partial charge in [-0.2, -0.15) is 4.98 Å². The number of hydrogen-bond donors (Lipinski definition) is 1. The maximum absolute atomic E-state index is 13.6. The monoisotopic (exact) mass is 251 g/mol. The van der Waals surface area contributed by atoms with Crippen molar-refractivity contribution in [2.24, 2.45) is 5.73 Å². The summed E-state index contributed by atoms with van der Waals surface area (Å²) in [7, 11) is 0. The molecular formula is C12H11F2N3O. The Balaban J connectivity index is 1.89. The van der Waals surface area contributed by atoms with Crippen molar-refractivity contribution in [3.63, 3.8) is 0 Å². The number of benzene rings is 1. The highest BCUT2D eigenvalue weighted by Crippen LogP contribution is 2.39. The van der Waals surface area contributed by atoms with Crippen molar-refractivity contribution in [2.45, 2.75) is 24.8 Å². The van der Waals surface area contributed by atoms with E-state index in [2.05, 4.69) is 10.1 Å². The predicted octanol–water partition coefficient (Wildman–Crippen LogP) is 2.27. The number of aromatic nitrogens is 2. The average molecular weight is 251 g/mol. The lowest BCUT2D eigenvalue weighted by atomic mass is 10.1. The molecule has 0 radical (unpaired) electrons. The summed E-state index contributed by atoms with van der Waals surface area (Å²) in [4.78, 5) is 4.15. The number of nitrogens with zero attached hydrogens (tertiary/aromatic N) is 2. The summed E-state index contributed by atoms with van der Waals surface area (Å²) >= 11 is 0. The molecule has 1 heterocycles. The van der Waals surface area contributed by atoms with E-state index in [0.29, 0.717) is 11.8 Å². The summed E-state index contributed by atoms with van der Waals surface area (Å²) in [5.74, 6) is -0.266. The van der Waals surface area contributed by atoms with Crippen molar-refractivity contribution in [3.05, 3.63) is 47.1 Å². The Morgan fingerprint density at radius 1 is 1.33 bits per heavy atom. The summed E-state index contributed by atoms with van der Waals surface area (Å²) in [6.45, 7) is 0. The average Bonchev–Trinajstić information content (AvgIpc) is 3.06. The fraction of sp³-hybridized carbons (Fsp3) is 0.333. The molecule has 1 aromatic heterocycles. The molecule has 3 rings (SSSR count). The van der Waals surface area contributed by atoms with Gasteiger partial charge in [0.1, 0.15) is 11.6 Å². The maximum Gasteiger partial charge on any atom is 0.229 e. The second-order valence-electron chi connectivity index (χ2n) is 4.41. The molecule has 94 valence electrons. The zero-order valence-corrected chi connectivity index (χ0v) is 9.44. The van der Waals surface area contributed by atoms with Crippen LogP contribution in [0, 0.1) is 11.6 Å². The van der Waals surface area contributed by atoms with Crippen LogP contribution in [0.5, 0.6) is 0 Å². The van der Waals surface area contributed by atoms with E-state index in [1.165, 1.54) is 6.07 Å².